The smallest absolute Gasteiger partial charge is 0.410 e. The largest absolute Gasteiger partial charge is 0.466 e. The lowest BCUT2D eigenvalue weighted by molar-refractivity contribution is -0.155. The first-order chi connectivity index (χ1) is 10.2. The van der Waals surface area contributed by atoms with Crippen molar-refractivity contribution in [1.82, 2.24) is 10.2 Å². The molecule has 0 unspecified atom stereocenters. The van der Waals surface area contributed by atoms with Crippen molar-refractivity contribution in [2.24, 2.45) is 11.8 Å². The molecule has 7 nitrogen and oxygen atoms in total. The Morgan fingerprint density at radius 1 is 1.23 bits per heavy atom. The first-order valence-electron chi connectivity index (χ1n) is 7.55. The fourth-order valence-corrected chi connectivity index (χ4v) is 2.43. The highest BCUT2D eigenvalue weighted by molar-refractivity contribution is 5.86. The van der Waals surface area contributed by atoms with Crippen LogP contribution in [-0.4, -0.2) is 55.2 Å². The van der Waals surface area contributed by atoms with Gasteiger partial charge in [-0.1, -0.05) is 0 Å². The van der Waals surface area contributed by atoms with E-state index in [0.717, 1.165) is 0 Å². The monoisotopic (exact) mass is 314 g/mol. The Balaban J connectivity index is 2.81. The van der Waals surface area contributed by atoms with Crippen LogP contribution in [0.1, 0.15) is 34.1 Å². The summed E-state index contributed by atoms with van der Waals surface area (Å²) in [6, 6.07) is 0. The summed E-state index contributed by atoms with van der Waals surface area (Å²) in [6.07, 6.45) is -0.0837. The van der Waals surface area contributed by atoms with Crippen molar-refractivity contribution >= 4 is 18.0 Å². The molecule has 2 atom stereocenters. The molecule has 22 heavy (non-hydrogen) atoms. The zero-order chi connectivity index (χ0) is 16.9. The van der Waals surface area contributed by atoms with E-state index in [1.165, 1.54) is 11.9 Å². The van der Waals surface area contributed by atoms with E-state index >= 15 is 0 Å². The molecule has 1 aliphatic heterocycles. The van der Waals surface area contributed by atoms with E-state index in [1.807, 2.05) is 0 Å². The lowest BCUT2D eigenvalue weighted by atomic mass is 9.85. The number of piperidine rings is 1. The Kier molecular flexibility index (Phi) is 6.20. The van der Waals surface area contributed by atoms with Gasteiger partial charge in [-0.05, 0) is 34.1 Å². The molecule has 0 bridgehead atoms. The molecule has 0 aromatic heterocycles. The summed E-state index contributed by atoms with van der Waals surface area (Å²) in [6.45, 7) is 7.86. The summed E-state index contributed by atoms with van der Waals surface area (Å²) in [4.78, 5) is 37.6. The minimum absolute atomic E-state index is 0.151. The van der Waals surface area contributed by atoms with Crippen molar-refractivity contribution in [3.63, 3.8) is 0 Å². The molecule has 1 saturated heterocycles. The number of amides is 2. The second kappa shape index (κ2) is 7.47. The van der Waals surface area contributed by atoms with Gasteiger partial charge in [0.05, 0.1) is 18.4 Å². The number of carbonyl (C=O) groups is 3. The van der Waals surface area contributed by atoms with Crippen LogP contribution in [0.5, 0.6) is 0 Å². The Morgan fingerprint density at radius 2 is 1.86 bits per heavy atom. The first kappa shape index (κ1) is 18.3. The van der Waals surface area contributed by atoms with Crippen molar-refractivity contribution in [3.05, 3.63) is 0 Å². The van der Waals surface area contributed by atoms with E-state index in [4.69, 9.17) is 9.47 Å². The number of nitrogens with zero attached hydrogens (tertiary/aromatic N) is 1. The van der Waals surface area contributed by atoms with Crippen LogP contribution in [0.3, 0.4) is 0 Å². The maximum atomic E-state index is 12.1. The third-order valence-electron chi connectivity index (χ3n) is 3.44. The predicted octanol–water partition coefficient (Wildman–Crippen LogP) is 1.17. The summed E-state index contributed by atoms with van der Waals surface area (Å²) < 4.78 is 10.4. The molecule has 0 saturated carbocycles. The Morgan fingerprint density at radius 3 is 2.36 bits per heavy atom. The second-order valence-corrected chi connectivity index (χ2v) is 6.29. The van der Waals surface area contributed by atoms with Crippen molar-refractivity contribution < 1.29 is 23.9 Å². The number of hydrogen-bond donors (Lipinski definition) is 1. The van der Waals surface area contributed by atoms with Crippen LogP contribution in [-0.2, 0) is 19.1 Å². The van der Waals surface area contributed by atoms with Gasteiger partial charge in [0, 0.05) is 20.1 Å². The molecule has 1 rings (SSSR count). The van der Waals surface area contributed by atoms with Gasteiger partial charge in [-0.2, -0.15) is 0 Å². The van der Waals surface area contributed by atoms with E-state index in [1.54, 1.807) is 27.7 Å². The molecule has 7 heteroatoms. The summed E-state index contributed by atoms with van der Waals surface area (Å²) in [5.41, 5.74) is -0.600. The van der Waals surface area contributed by atoms with Crippen molar-refractivity contribution in [2.45, 2.75) is 39.7 Å². The highest BCUT2D eigenvalue weighted by Crippen LogP contribution is 2.26. The average molecular weight is 314 g/mol. The SMILES string of the molecule is CCOC(=O)[C@H]1CCN(C(=O)OC(C)(C)C)C[C@@H]1C(=O)NC. The molecule has 0 spiro atoms. The highest BCUT2D eigenvalue weighted by atomic mass is 16.6. The molecule has 126 valence electrons. The van der Waals surface area contributed by atoms with E-state index in [-0.39, 0.29) is 25.0 Å². The zero-order valence-electron chi connectivity index (χ0n) is 14.0. The molecule has 0 aliphatic carbocycles. The zero-order valence-corrected chi connectivity index (χ0v) is 14.0. The molecular weight excluding hydrogens is 288 g/mol. The number of ether oxygens (including phenoxy) is 2. The summed E-state index contributed by atoms with van der Waals surface area (Å²) >= 11 is 0. The van der Waals surface area contributed by atoms with E-state index < -0.39 is 23.5 Å². The average Bonchev–Trinajstić information content (AvgIpc) is 2.44. The van der Waals surface area contributed by atoms with Crippen LogP contribution in [0, 0.1) is 11.8 Å². The van der Waals surface area contributed by atoms with Crippen molar-refractivity contribution in [3.8, 4) is 0 Å². The number of likely N-dealkylation sites (tertiary alicyclic amines) is 1. The molecule has 0 aromatic carbocycles. The third kappa shape index (κ3) is 4.89. The van der Waals surface area contributed by atoms with Gasteiger partial charge in [0.1, 0.15) is 5.60 Å². The molecule has 1 fully saturated rings. The van der Waals surface area contributed by atoms with Gasteiger partial charge in [-0.3, -0.25) is 9.59 Å². The van der Waals surface area contributed by atoms with Gasteiger partial charge in [0.15, 0.2) is 0 Å². The standard InChI is InChI=1S/C15H26N2O5/c1-6-21-13(19)10-7-8-17(9-11(10)12(18)16-5)14(20)22-15(2,3)4/h10-11H,6-9H2,1-5H3,(H,16,18)/t10-,11-/m0/s1. The fraction of sp³-hybridized carbons (Fsp3) is 0.800. The van der Waals surface area contributed by atoms with Gasteiger partial charge in [0.2, 0.25) is 5.91 Å². The third-order valence-corrected chi connectivity index (χ3v) is 3.44. The summed E-state index contributed by atoms with van der Waals surface area (Å²) in [7, 11) is 1.51. The van der Waals surface area contributed by atoms with Crippen molar-refractivity contribution in [1.29, 1.82) is 0 Å². The highest BCUT2D eigenvalue weighted by Gasteiger charge is 2.41. The Bertz CT molecular complexity index is 430. The van der Waals surface area contributed by atoms with Gasteiger partial charge >= 0.3 is 12.1 Å². The lowest BCUT2D eigenvalue weighted by Gasteiger charge is -2.37. The molecule has 1 N–H and O–H groups in total. The maximum absolute atomic E-state index is 12.1. The van der Waals surface area contributed by atoms with E-state index in [0.29, 0.717) is 13.0 Å². The number of carbonyl (C=O) groups excluding carboxylic acids is 3. The van der Waals surface area contributed by atoms with Gasteiger partial charge in [-0.25, -0.2) is 4.79 Å². The molecule has 0 aromatic rings. The summed E-state index contributed by atoms with van der Waals surface area (Å²) in [5.74, 6) is -1.81. The summed E-state index contributed by atoms with van der Waals surface area (Å²) in [5, 5.41) is 2.54. The van der Waals surface area contributed by atoms with Crippen LogP contribution < -0.4 is 5.32 Å². The van der Waals surface area contributed by atoms with Crippen molar-refractivity contribution in [2.75, 3.05) is 26.7 Å². The topological polar surface area (TPSA) is 84.9 Å². The van der Waals surface area contributed by atoms with E-state index in [9.17, 15) is 14.4 Å². The normalized spacial score (nSPS) is 22.0. The molecular formula is C15H26N2O5. The van der Waals surface area contributed by atoms with Crippen LogP contribution in [0.25, 0.3) is 0 Å². The second-order valence-electron chi connectivity index (χ2n) is 6.29. The maximum Gasteiger partial charge on any atom is 0.410 e. The molecule has 2 amide bonds. The number of nitrogens with one attached hydrogen (secondary N) is 1. The minimum atomic E-state index is -0.620. The number of rotatable bonds is 3. The number of esters is 1. The van der Waals surface area contributed by atoms with Crippen LogP contribution >= 0.6 is 0 Å². The fourth-order valence-electron chi connectivity index (χ4n) is 2.43. The Labute approximate surface area is 131 Å². The minimum Gasteiger partial charge on any atom is -0.466 e. The van der Waals surface area contributed by atoms with Crippen LogP contribution in [0.4, 0.5) is 4.79 Å². The van der Waals surface area contributed by atoms with E-state index in [2.05, 4.69) is 5.32 Å². The predicted molar refractivity (Wildman–Crippen MR) is 80.1 cm³/mol. The quantitative estimate of drug-likeness (QED) is 0.790. The molecule has 1 aliphatic rings. The molecule has 0 radical (unpaired) electrons. The van der Waals surface area contributed by atoms with Gasteiger partial charge in [-0.15, -0.1) is 0 Å². The van der Waals surface area contributed by atoms with Gasteiger partial charge in [0.25, 0.3) is 0 Å². The number of hydrogen-bond acceptors (Lipinski definition) is 5. The lowest BCUT2D eigenvalue weighted by Crippen LogP contribution is -2.52. The molecule has 1 heterocycles. The Hall–Kier alpha value is -1.79. The van der Waals surface area contributed by atoms with Crippen LogP contribution in [0.2, 0.25) is 0 Å². The first-order valence-corrected chi connectivity index (χ1v) is 7.55. The van der Waals surface area contributed by atoms with Gasteiger partial charge < -0.3 is 19.7 Å². The van der Waals surface area contributed by atoms with Crippen LogP contribution in [0.15, 0.2) is 0 Å².